The maximum absolute atomic E-state index is 12.2. The van der Waals surface area contributed by atoms with Gasteiger partial charge >= 0.3 is 0 Å². The molecule has 1 amide bonds. The summed E-state index contributed by atoms with van der Waals surface area (Å²) in [6.45, 7) is 3.66. The van der Waals surface area contributed by atoms with Gasteiger partial charge in [-0.1, -0.05) is 11.6 Å². The Bertz CT molecular complexity index is 1010. The molecule has 0 radical (unpaired) electrons. The van der Waals surface area contributed by atoms with Crippen LogP contribution >= 0.6 is 38.9 Å². The van der Waals surface area contributed by atoms with E-state index >= 15 is 0 Å². The van der Waals surface area contributed by atoms with E-state index in [1.165, 1.54) is 11.3 Å². The summed E-state index contributed by atoms with van der Waals surface area (Å²) in [5.41, 5.74) is 3.50. The maximum atomic E-state index is 12.2. The van der Waals surface area contributed by atoms with Gasteiger partial charge in [0.25, 0.3) is 5.91 Å². The Kier molecular flexibility index (Phi) is 6.59. The number of ether oxygens (including phenoxy) is 2. The van der Waals surface area contributed by atoms with Crippen molar-refractivity contribution in [3.8, 4) is 22.8 Å². The van der Waals surface area contributed by atoms with Crippen LogP contribution in [-0.2, 0) is 4.79 Å². The number of thiazole rings is 1. The van der Waals surface area contributed by atoms with E-state index in [0.29, 0.717) is 15.9 Å². The number of hydrogen-bond donors (Lipinski definition) is 1. The second-order valence-electron chi connectivity index (χ2n) is 6.05. The molecule has 0 bridgehead atoms. The largest absolute Gasteiger partial charge is 0.497 e. The SMILES string of the molecule is COc1ccc(-c2csc(NC(=O)COc3cc(C)c(Cl)c(C)c3Br)n2)cc1. The lowest BCUT2D eigenvalue weighted by atomic mass is 10.1. The summed E-state index contributed by atoms with van der Waals surface area (Å²) in [6.07, 6.45) is 0. The van der Waals surface area contributed by atoms with Crippen LogP contribution in [0.15, 0.2) is 40.2 Å². The molecule has 0 aliphatic carbocycles. The van der Waals surface area contributed by atoms with Crippen LogP contribution in [0.25, 0.3) is 11.3 Å². The fourth-order valence-electron chi connectivity index (χ4n) is 2.53. The number of carbonyl (C=O) groups is 1. The van der Waals surface area contributed by atoms with E-state index in [4.69, 9.17) is 21.1 Å². The molecule has 5 nitrogen and oxygen atoms in total. The molecule has 8 heteroatoms. The van der Waals surface area contributed by atoms with Crippen LogP contribution in [0.2, 0.25) is 5.02 Å². The molecule has 0 aliphatic heterocycles. The first-order valence-corrected chi connectivity index (χ1v) is 10.4. The molecule has 1 heterocycles. The zero-order valence-corrected chi connectivity index (χ0v) is 18.7. The first-order valence-electron chi connectivity index (χ1n) is 8.37. The zero-order valence-electron chi connectivity index (χ0n) is 15.5. The van der Waals surface area contributed by atoms with Gasteiger partial charge in [-0.2, -0.15) is 0 Å². The summed E-state index contributed by atoms with van der Waals surface area (Å²) in [5.74, 6) is 1.07. The standard InChI is InChI=1S/C20H18BrClN2O3S/c1-11-8-16(18(21)12(2)19(11)22)27-9-17(25)24-20-23-15(10-28-20)13-4-6-14(26-3)7-5-13/h4-8,10H,9H2,1-3H3,(H,23,24,25). The van der Waals surface area contributed by atoms with Gasteiger partial charge in [0.1, 0.15) is 11.5 Å². The molecule has 0 aliphatic rings. The van der Waals surface area contributed by atoms with Gasteiger partial charge in [0.05, 0.1) is 17.3 Å². The van der Waals surface area contributed by atoms with Crippen LogP contribution in [0, 0.1) is 13.8 Å². The van der Waals surface area contributed by atoms with Crippen molar-refractivity contribution in [3.05, 3.63) is 56.3 Å². The molecule has 0 atom stereocenters. The van der Waals surface area contributed by atoms with Gasteiger partial charge in [0.2, 0.25) is 0 Å². The number of halogens is 2. The number of anilines is 1. The van der Waals surface area contributed by atoms with Gasteiger partial charge in [-0.3, -0.25) is 10.1 Å². The zero-order chi connectivity index (χ0) is 20.3. The number of hydrogen-bond acceptors (Lipinski definition) is 5. The first kappa shape index (κ1) is 20.6. The van der Waals surface area contributed by atoms with Gasteiger partial charge in [-0.15, -0.1) is 11.3 Å². The summed E-state index contributed by atoms with van der Waals surface area (Å²) in [6, 6.07) is 9.39. The number of aryl methyl sites for hydroxylation is 1. The van der Waals surface area contributed by atoms with Crippen molar-refractivity contribution in [2.75, 3.05) is 19.0 Å². The molecule has 1 N–H and O–H groups in total. The van der Waals surface area contributed by atoms with Gasteiger partial charge in [0.15, 0.2) is 11.7 Å². The Balaban J connectivity index is 1.62. The monoisotopic (exact) mass is 480 g/mol. The van der Waals surface area contributed by atoms with Gasteiger partial charge in [-0.05, 0) is 71.2 Å². The number of aromatic nitrogens is 1. The highest BCUT2D eigenvalue weighted by molar-refractivity contribution is 9.10. The molecule has 28 heavy (non-hydrogen) atoms. The number of amides is 1. The summed E-state index contributed by atoms with van der Waals surface area (Å²) < 4.78 is 11.5. The van der Waals surface area contributed by atoms with E-state index in [-0.39, 0.29) is 12.5 Å². The van der Waals surface area contributed by atoms with E-state index < -0.39 is 0 Å². The van der Waals surface area contributed by atoms with Crippen LogP contribution in [0.1, 0.15) is 11.1 Å². The first-order chi connectivity index (χ1) is 13.4. The Morgan fingerprint density at radius 3 is 2.68 bits per heavy atom. The lowest BCUT2D eigenvalue weighted by molar-refractivity contribution is -0.118. The summed E-state index contributed by atoms with van der Waals surface area (Å²) >= 11 is 11.0. The quantitative estimate of drug-likeness (QED) is 0.478. The molecule has 3 rings (SSSR count). The summed E-state index contributed by atoms with van der Waals surface area (Å²) in [4.78, 5) is 16.7. The molecule has 0 saturated carbocycles. The molecule has 2 aromatic carbocycles. The number of nitrogens with one attached hydrogen (secondary N) is 1. The van der Waals surface area contributed by atoms with Gasteiger partial charge in [-0.25, -0.2) is 4.98 Å². The number of rotatable bonds is 6. The predicted octanol–water partition coefficient (Wildman–Crippen LogP) is 5.87. The number of methoxy groups -OCH3 is 1. The van der Waals surface area contributed by atoms with E-state index in [1.54, 1.807) is 13.2 Å². The van der Waals surface area contributed by atoms with Gasteiger partial charge < -0.3 is 9.47 Å². The lowest BCUT2D eigenvalue weighted by Crippen LogP contribution is -2.20. The third-order valence-corrected chi connectivity index (χ3v) is 6.39. The fourth-order valence-corrected chi connectivity index (χ4v) is 3.96. The topological polar surface area (TPSA) is 60.5 Å². The highest BCUT2D eigenvalue weighted by Crippen LogP contribution is 2.35. The van der Waals surface area contributed by atoms with Crippen molar-refractivity contribution in [2.24, 2.45) is 0 Å². The molecule has 0 unspecified atom stereocenters. The third kappa shape index (κ3) is 4.66. The normalized spacial score (nSPS) is 10.6. The molecular formula is C20H18BrClN2O3S. The van der Waals surface area contributed by atoms with Crippen molar-refractivity contribution in [1.82, 2.24) is 4.98 Å². The molecule has 1 aromatic heterocycles. The predicted molar refractivity (Wildman–Crippen MR) is 117 cm³/mol. The summed E-state index contributed by atoms with van der Waals surface area (Å²) in [5, 5.41) is 5.85. The van der Waals surface area contributed by atoms with E-state index in [1.807, 2.05) is 43.5 Å². The smallest absolute Gasteiger partial charge is 0.264 e. The maximum Gasteiger partial charge on any atom is 0.264 e. The van der Waals surface area contributed by atoms with Crippen LogP contribution in [0.3, 0.4) is 0 Å². The highest BCUT2D eigenvalue weighted by atomic mass is 79.9. The number of nitrogens with zero attached hydrogens (tertiary/aromatic N) is 1. The molecule has 0 spiro atoms. The van der Waals surface area contributed by atoms with Gasteiger partial charge in [0, 0.05) is 16.0 Å². The van der Waals surface area contributed by atoms with Crippen molar-refractivity contribution in [3.63, 3.8) is 0 Å². The molecule has 0 saturated heterocycles. The molecular weight excluding hydrogens is 464 g/mol. The van der Waals surface area contributed by atoms with Crippen LogP contribution < -0.4 is 14.8 Å². The van der Waals surface area contributed by atoms with Crippen molar-refractivity contribution >= 4 is 49.9 Å². The van der Waals surface area contributed by atoms with Crippen molar-refractivity contribution in [1.29, 1.82) is 0 Å². The molecule has 3 aromatic rings. The fraction of sp³-hybridized carbons (Fsp3) is 0.200. The second-order valence-corrected chi connectivity index (χ2v) is 8.08. The Hall–Kier alpha value is -2.09. The average molecular weight is 482 g/mol. The van der Waals surface area contributed by atoms with E-state index in [2.05, 4.69) is 26.2 Å². The Morgan fingerprint density at radius 2 is 2.00 bits per heavy atom. The Morgan fingerprint density at radius 1 is 1.29 bits per heavy atom. The minimum absolute atomic E-state index is 0.128. The second kappa shape index (κ2) is 8.94. The third-order valence-electron chi connectivity index (χ3n) is 4.06. The lowest BCUT2D eigenvalue weighted by Gasteiger charge is -2.12. The molecule has 146 valence electrons. The highest BCUT2D eigenvalue weighted by Gasteiger charge is 2.13. The Labute approximate surface area is 180 Å². The van der Waals surface area contributed by atoms with Crippen LogP contribution in [0.4, 0.5) is 5.13 Å². The summed E-state index contributed by atoms with van der Waals surface area (Å²) in [7, 11) is 1.62. The average Bonchev–Trinajstić information content (AvgIpc) is 3.16. The number of carbonyl (C=O) groups excluding carboxylic acids is 1. The van der Waals surface area contributed by atoms with E-state index in [9.17, 15) is 4.79 Å². The van der Waals surface area contributed by atoms with Crippen molar-refractivity contribution < 1.29 is 14.3 Å². The van der Waals surface area contributed by atoms with Crippen LogP contribution in [-0.4, -0.2) is 24.6 Å². The van der Waals surface area contributed by atoms with Crippen LogP contribution in [0.5, 0.6) is 11.5 Å². The van der Waals surface area contributed by atoms with Crippen molar-refractivity contribution in [2.45, 2.75) is 13.8 Å². The van der Waals surface area contributed by atoms with E-state index in [0.717, 1.165) is 32.6 Å². The molecule has 0 fully saturated rings. The minimum atomic E-state index is -0.284. The number of benzene rings is 2. The minimum Gasteiger partial charge on any atom is -0.497 e.